The van der Waals surface area contributed by atoms with E-state index in [4.69, 9.17) is 17.4 Å². The average Bonchev–Trinajstić information content (AvgIpc) is 2.86. The molecule has 0 aliphatic heterocycles. The zero-order valence-corrected chi connectivity index (χ0v) is 14.4. The van der Waals surface area contributed by atoms with Gasteiger partial charge in [0.05, 0.1) is 11.1 Å². The van der Waals surface area contributed by atoms with Crippen molar-refractivity contribution < 1.29 is 0 Å². The molecule has 1 atom stereocenters. The molecule has 1 unspecified atom stereocenters. The average molecular weight is 373 g/mol. The topological polar surface area (TPSA) is 68.8 Å². The molecule has 1 aromatic carbocycles. The van der Waals surface area contributed by atoms with Gasteiger partial charge in [-0.05, 0) is 33.5 Å². The first-order valence-corrected chi connectivity index (χ1v) is 7.96. The Labute approximate surface area is 138 Å². The molecule has 1 aromatic heterocycles. The minimum Gasteiger partial charge on any atom is -0.271 e. The lowest BCUT2D eigenvalue weighted by molar-refractivity contribution is 0.446. The predicted molar refractivity (Wildman–Crippen MR) is 87.8 cm³/mol. The summed E-state index contributed by atoms with van der Waals surface area (Å²) in [5, 5.41) is 4.93. The number of benzene rings is 1. The third-order valence-corrected chi connectivity index (χ3v) is 4.49. The van der Waals surface area contributed by atoms with Crippen LogP contribution in [0.3, 0.4) is 0 Å². The number of hydrazine groups is 1. The van der Waals surface area contributed by atoms with E-state index in [1.807, 2.05) is 22.9 Å². The number of hydrogen-bond donors (Lipinski definition) is 2. The van der Waals surface area contributed by atoms with E-state index in [0.717, 1.165) is 22.4 Å². The first-order chi connectivity index (χ1) is 10.0. The first-order valence-electron chi connectivity index (χ1n) is 6.79. The minimum atomic E-state index is -0.120. The van der Waals surface area contributed by atoms with Crippen LogP contribution in [-0.4, -0.2) is 14.8 Å². The molecular weight excluding hydrogens is 354 g/mol. The molecule has 0 saturated carbocycles. The number of nitrogens with two attached hydrogens (primary N) is 1. The molecule has 0 bridgehead atoms. The molecule has 0 fully saturated rings. The zero-order chi connectivity index (χ0) is 15.4. The quantitative estimate of drug-likeness (QED) is 0.604. The van der Waals surface area contributed by atoms with Gasteiger partial charge in [0.2, 0.25) is 0 Å². The van der Waals surface area contributed by atoms with Gasteiger partial charge < -0.3 is 0 Å². The van der Waals surface area contributed by atoms with Crippen LogP contribution < -0.4 is 11.3 Å². The van der Waals surface area contributed by atoms with Crippen molar-refractivity contribution in [2.75, 3.05) is 0 Å². The molecule has 2 rings (SSSR count). The SMILES string of the molecule is CC(C)Cn1ncnc1CC(NN)c1cccc(Br)c1Cl. The highest BCUT2D eigenvalue weighted by atomic mass is 79.9. The van der Waals surface area contributed by atoms with Gasteiger partial charge in [0.15, 0.2) is 0 Å². The number of nitrogens with zero attached hydrogens (tertiary/aromatic N) is 3. The summed E-state index contributed by atoms with van der Waals surface area (Å²) in [5.74, 6) is 7.11. The first kappa shape index (κ1) is 16.4. The second-order valence-corrected chi connectivity index (χ2v) is 6.55. The van der Waals surface area contributed by atoms with Gasteiger partial charge in [-0.15, -0.1) is 0 Å². The fourth-order valence-corrected chi connectivity index (χ4v) is 2.81. The number of hydrogen-bond acceptors (Lipinski definition) is 4. The Hall–Kier alpha value is -0.950. The zero-order valence-electron chi connectivity index (χ0n) is 12.1. The van der Waals surface area contributed by atoms with Crippen LogP contribution in [0.5, 0.6) is 0 Å². The van der Waals surface area contributed by atoms with Gasteiger partial charge in [0.1, 0.15) is 12.2 Å². The summed E-state index contributed by atoms with van der Waals surface area (Å²) in [6, 6.07) is 5.68. The molecular formula is C14H19BrClN5. The van der Waals surface area contributed by atoms with E-state index in [1.165, 1.54) is 0 Å². The molecule has 21 heavy (non-hydrogen) atoms. The second kappa shape index (κ2) is 7.35. The van der Waals surface area contributed by atoms with E-state index in [-0.39, 0.29) is 6.04 Å². The third-order valence-electron chi connectivity index (χ3n) is 3.18. The highest BCUT2D eigenvalue weighted by Crippen LogP contribution is 2.31. The highest BCUT2D eigenvalue weighted by molar-refractivity contribution is 9.10. The van der Waals surface area contributed by atoms with Gasteiger partial charge in [-0.1, -0.05) is 37.6 Å². The standard InChI is InChI=1S/C14H19BrClN5/c1-9(2)7-21-13(18-8-19-21)6-12(20-17)10-4-3-5-11(15)14(10)16/h3-5,8-9,12,20H,6-7,17H2,1-2H3. The molecule has 7 heteroatoms. The normalized spacial score (nSPS) is 12.9. The van der Waals surface area contributed by atoms with Crippen molar-refractivity contribution in [3.63, 3.8) is 0 Å². The Morgan fingerprint density at radius 2 is 2.19 bits per heavy atom. The monoisotopic (exact) mass is 371 g/mol. The van der Waals surface area contributed by atoms with Crippen molar-refractivity contribution in [3.8, 4) is 0 Å². The van der Waals surface area contributed by atoms with Gasteiger partial charge in [-0.25, -0.2) is 9.67 Å². The predicted octanol–water partition coefficient (Wildman–Crippen LogP) is 3.10. The molecule has 1 heterocycles. The summed E-state index contributed by atoms with van der Waals surface area (Å²) in [6.45, 7) is 5.13. The molecule has 0 radical (unpaired) electrons. The Balaban J connectivity index is 2.24. The largest absolute Gasteiger partial charge is 0.271 e. The van der Waals surface area contributed by atoms with E-state index >= 15 is 0 Å². The van der Waals surface area contributed by atoms with Crippen LogP contribution in [-0.2, 0) is 13.0 Å². The summed E-state index contributed by atoms with van der Waals surface area (Å²) in [6.07, 6.45) is 2.20. The van der Waals surface area contributed by atoms with Crippen molar-refractivity contribution >= 4 is 27.5 Å². The van der Waals surface area contributed by atoms with Crippen LogP contribution in [0.2, 0.25) is 5.02 Å². The van der Waals surface area contributed by atoms with Crippen LogP contribution in [0, 0.1) is 5.92 Å². The lowest BCUT2D eigenvalue weighted by atomic mass is 10.0. The van der Waals surface area contributed by atoms with Gasteiger partial charge in [-0.3, -0.25) is 11.3 Å². The molecule has 0 aliphatic rings. The van der Waals surface area contributed by atoms with Crippen molar-refractivity contribution in [3.05, 3.63) is 45.4 Å². The van der Waals surface area contributed by atoms with Gasteiger partial charge in [0.25, 0.3) is 0 Å². The van der Waals surface area contributed by atoms with Gasteiger partial charge >= 0.3 is 0 Å². The van der Waals surface area contributed by atoms with Crippen LogP contribution in [0.4, 0.5) is 0 Å². The Morgan fingerprint density at radius 3 is 2.86 bits per heavy atom. The number of nitrogens with one attached hydrogen (secondary N) is 1. The molecule has 2 aromatic rings. The Bertz CT molecular complexity index is 599. The van der Waals surface area contributed by atoms with E-state index in [1.54, 1.807) is 6.33 Å². The van der Waals surface area contributed by atoms with Gasteiger partial charge in [0, 0.05) is 17.4 Å². The third kappa shape index (κ3) is 4.03. The van der Waals surface area contributed by atoms with Crippen molar-refractivity contribution in [1.82, 2.24) is 20.2 Å². The molecule has 0 amide bonds. The fourth-order valence-electron chi connectivity index (χ4n) is 2.18. The Kier molecular flexibility index (Phi) is 5.75. The van der Waals surface area contributed by atoms with Crippen LogP contribution >= 0.6 is 27.5 Å². The summed E-state index contributed by atoms with van der Waals surface area (Å²) >= 11 is 9.78. The molecule has 0 saturated heterocycles. The minimum absolute atomic E-state index is 0.120. The Morgan fingerprint density at radius 1 is 1.43 bits per heavy atom. The van der Waals surface area contributed by atoms with Crippen molar-refractivity contribution in [2.24, 2.45) is 11.8 Å². The maximum absolute atomic E-state index is 6.35. The summed E-state index contributed by atoms with van der Waals surface area (Å²) in [5.41, 5.74) is 3.76. The fraction of sp³-hybridized carbons (Fsp3) is 0.429. The number of aromatic nitrogens is 3. The van der Waals surface area contributed by atoms with E-state index in [2.05, 4.69) is 45.3 Å². The lowest BCUT2D eigenvalue weighted by Gasteiger charge is -2.18. The maximum Gasteiger partial charge on any atom is 0.138 e. The smallest absolute Gasteiger partial charge is 0.138 e. The molecule has 114 valence electrons. The maximum atomic E-state index is 6.35. The second-order valence-electron chi connectivity index (χ2n) is 5.32. The van der Waals surface area contributed by atoms with Crippen LogP contribution in [0.25, 0.3) is 0 Å². The molecule has 0 spiro atoms. The van der Waals surface area contributed by atoms with Crippen molar-refractivity contribution in [1.29, 1.82) is 0 Å². The molecule has 3 N–H and O–H groups in total. The van der Waals surface area contributed by atoms with E-state index < -0.39 is 0 Å². The van der Waals surface area contributed by atoms with Gasteiger partial charge in [-0.2, -0.15) is 5.10 Å². The molecule has 0 aliphatic carbocycles. The van der Waals surface area contributed by atoms with Crippen LogP contribution in [0.1, 0.15) is 31.3 Å². The number of rotatable bonds is 6. The van der Waals surface area contributed by atoms with Crippen molar-refractivity contribution in [2.45, 2.75) is 32.9 Å². The summed E-state index contributed by atoms with van der Waals surface area (Å²) in [7, 11) is 0. The lowest BCUT2D eigenvalue weighted by Crippen LogP contribution is -2.31. The summed E-state index contributed by atoms with van der Waals surface area (Å²) < 4.78 is 2.77. The van der Waals surface area contributed by atoms with E-state index in [0.29, 0.717) is 17.4 Å². The summed E-state index contributed by atoms with van der Waals surface area (Å²) in [4.78, 5) is 4.34. The van der Waals surface area contributed by atoms with E-state index in [9.17, 15) is 0 Å². The highest BCUT2D eigenvalue weighted by Gasteiger charge is 2.18. The number of halogens is 2. The van der Waals surface area contributed by atoms with Crippen LogP contribution in [0.15, 0.2) is 29.0 Å². The molecule has 5 nitrogen and oxygen atoms in total.